The first-order valence-corrected chi connectivity index (χ1v) is 12.6. The molecule has 14 heteroatoms. The van der Waals surface area contributed by atoms with E-state index in [2.05, 4.69) is 35.2 Å². The van der Waals surface area contributed by atoms with Gasteiger partial charge in [0.25, 0.3) is 0 Å². The number of methoxy groups -OCH3 is 1. The van der Waals surface area contributed by atoms with Crippen molar-refractivity contribution in [3.8, 4) is 22.5 Å². The lowest BCUT2D eigenvalue weighted by molar-refractivity contribution is 0.162. The molecule has 3 rings (SSSR count). The Morgan fingerprint density at radius 2 is 2.00 bits per heavy atom. The first-order valence-electron chi connectivity index (χ1n) is 10.3. The maximum absolute atomic E-state index is 15.4. The van der Waals surface area contributed by atoms with Gasteiger partial charge in [-0.25, -0.2) is 27.6 Å². The van der Waals surface area contributed by atoms with Crippen LogP contribution >= 0.6 is 11.6 Å². The number of amides is 1. The number of nitrogens with one attached hydrogen (secondary N) is 3. The highest BCUT2D eigenvalue weighted by atomic mass is 35.5. The van der Waals surface area contributed by atoms with E-state index in [0.717, 1.165) is 6.26 Å². The second-order valence-electron chi connectivity index (χ2n) is 8.07. The maximum Gasteiger partial charge on any atom is 0.408 e. The largest absolute Gasteiger partial charge is 0.453 e. The zero-order chi connectivity index (χ0) is 26.0. The summed E-state index contributed by atoms with van der Waals surface area (Å²) < 4.78 is 47.1. The second-order valence-corrected chi connectivity index (χ2v) is 10.3. The quantitative estimate of drug-likeness (QED) is 0.378. The summed E-state index contributed by atoms with van der Waals surface area (Å²) in [7, 11) is -2.50. The summed E-state index contributed by atoms with van der Waals surface area (Å²) >= 11 is 6.17. The van der Waals surface area contributed by atoms with Crippen LogP contribution in [0.25, 0.3) is 22.5 Å². The van der Waals surface area contributed by atoms with Crippen molar-refractivity contribution in [2.75, 3.05) is 23.4 Å². The van der Waals surface area contributed by atoms with Crippen LogP contribution in [0, 0.1) is 5.82 Å². The van der Waals surface area contributed by atoms with Crippen LogP contribution in [0.4, 0.5) is 20.8 Å². The minimum absolute atomic E-state index is 0.00772. The van der Waals surface area contributed by atoms with Gasteiger partial charge in [0.2, 0.25) is 16.0 Å². The van der Waals surface area contributed by atoms with Crippen molar-refractivity contribution in [2.24, 2.45) is 0 Å². The number of alkyl carbamates (subject to hydrolysis) is 1. The van der Waals surface area contributed by atoms with Gasteiger partial charge in [0.15, 0.2) is 5.82 Å². The van der Waals surface area contributed by atoms with Crippen molar-refractivity contribution in [1.29, 1.82) is 0 Å². The third kappa shape index (κ3) is 6.57. The number of rotatable bonds is 8. The molecule has 0 unspecified atom stereocenters. The Kier molecular flexibility index (Phi) is 7.50. The molecule has 0 radical (unpaired) electrons. The van der Waals surface area contributed by atoms with Gasteiger partial charge < -0.3 is 10.1 Å². The molecule has 11 nitrogen and oxygen atoms in total. The maximum atomic E-state index is 15.4. The normalized spacial score (nSPS) is 11.7. The van der Waals surface area contributed by atoms with E-state index in [9.17, 15) is 13.2 Å². The number of benzene rings is 1. The molecule has 188 valence electrons. The highest BCUT2D eigenvalue weighted by Crippen LogP contribution is 2.36. The number of anilines is 2. The minimum Gasteiger partial charge on any atom is -0.453 e. The number of carbonyl (C=O) groups excluding carboxylic acids is 1. The van der Waals surface area contributed by atoms with Crippen LogP contribution in [0.2, 0.25) is 5.02 Å². The zero-order valence-corrected chi connectivity index (χ0v) is 21.3. The van der Waals surface area contributed by atoms with Crippen molar-refractivity contribution < 1.29 is 22.3 Å². The molecule has 0 aliphatic rings. The summed E-state index contributed by atoms with van der Waals surface area (Å²) in [5.74, 6) is -0.650. The molecule has 2 aromatic heterocycles. The number of sulfonamides is 1. The number of aromatic nitrogens is 4. The number of nitrogens with zero attached hydrogens (tertiary/aromatic N) is 4. The average Bonchev–Trinajstić information content (AvgIpc) is 3.19. The number of ether oxygens (including phenoxy) is 1. The Morgan fingerprint density at radius 3 is 2.63 bits per heavy atom. The predicted molar refractivity (Wildman–Crippen MR) is 131 cm³/mol. The SMILES string of the molecule is CCn1cc(-c2ccnc(NC(C)(C)NC(=O)OC)n2)c(-c2cc(Cl)cc(NS(C)(=O)=O)c2F)n1. The number of hydrogen-bond donors (Lipinski definition) is 3. The second kappa shape index (κ2) is 10.0. The average molecular weight is 526 g/mol. The van der Waals surface area contributed by atoms with Crippen LogP contribution in [-0.4, -0.2) is 53.3 Å². The van der Waals surface area contributed by atoms with Crippen LogP contribution in [-0.2, 0) is 21.3 Å². The molecule has 1 aromatic carbocycles. The fourth-order valence-corrected chi connectivity index (χ4v) is 3.96. The lowest BCUT2D eigenvalue weighted by Gasteiger charge is -2.26. The molecular weight excluding hydrogens is 501 g/mol. The van der Waals surface area contributed by atoms with Gasteiger partial charge in [0.1, 0.15) is 11.4 Å². The molecule has 0 atom stereocenters. The first kappa shape index (κ1) is 26.2. The monoisotopic (exact) mass is 525 g/mol. The van der Waals surface area contributed by atoms with E-state index in [-0.39, 0.29) is 27.9 Å². The molecule has 0 aliphatic carbocycles. The fraction of sp³-hybridized carbons (Fsp3) is 0.333. The van der Waals surface area contributed by atoms with Gasteiger partial charge >= 0.3 is 6.09 Å². The van der Waals surface area contributed by atoms with Crippen molar-refractivity contribution >= 4 is 39.4 Å². The first-order chi connectivity index (χ1) is 16.3. The molecule has 0 saturated carbocycles. The van der Waals surface area contributed by atoms with Crippen molar-refractivity contribution in [3.63, 3.8) is 0 Å². The van der Waals surface area contributed by atoms with Crippen LogP contribution in [0.15, 0.2) is 30.6 Å². The topological polar surface area (TPSA) is 140 Å². The summed E-state index contributed by atoms with van der Waals surface area (Å²) in [6.45, 7) is 5.73. The van der Waals surface area contributed by atoms with Crippen molar-refractivity contribution in [2.45, 2.75) is 33.0 Å². The van der Waals surface area contributed by atoms with E-state index in [0.29, 0.717) is 17.8 Å². The highest BCUT2D eigenvalue weighted by Gasteiger charge is 2.24. The number of hydrogen-bond acceptors (Lipinski definition) is 8. The molecule has 0 aliphatic heterocycles. The fourth-order valence-electron chi connectivity index (χ4n) is 3.19. The summed E-state index contributed by atoms with van der Waals surface area (Å²) in [5.41, 5.74) is -0.183. The summed E-state index contributed by atoms with van der Waals surface area (Å²) in [6, 6.07) is 4.16. The lowest BCUT2D eigenvalue weighted by Crippen LogP contribution is -2.49. The third-order valence-electron chi connectivity index (χ3n) is 4.63. The Bertz CT molecular complexity index is 1360. The van der Waals surface area contributed by atoms with Crippen LogP contribution < -0.4 is 15.4 Å². The van der Waals surface area contributed by atoms with Gasteiger partial charge in [-0.1, -0.05) is 11.6 Å². The molecule has 3 N–H and O–H groups in total. The highest BCUT2D eigenvalue weighted by molar-refractivity contribution is 7.92. The van der Waals surface area contributed by atoms with Crippen molar-refractivity contribution in [3.05, 3.63) is 41.4 Å². The summed E-state index contributed by atoms with van der Waals surface area (Å²) in [6.07, 6.45) is 3.45. The smallest absolute Gasteiger partial charge is 0.408 e. The zero-order valence-electron chi connectivity index (χ0n) is 19.7. The van der Waals surface area contributed by atoms with Gasteiger partial charge in [-0.05, 0) is 39.0 Å². The van der Waals surface area contributed by atoms with E-state index in [1.807, 2.05) is 6.92 Å². The molecule has 35 heavy (non-hydrogen) atoms. The predicted octanol–water partition coefficient (Wildman–Crippen LogP) is 3.70. The van der Waals surface area contributed by atoms with Crippen LogP contribution in [0.1, 0.15) is 20.8 Å². The van der Waals surface area contributed by atoms with Crippen LogP contribution in [0.5, 0.6) is 0 Å². The van der Waals surface area contributed by atoms with Crippen molar-refractivity contribution in [1.82, 2.24) is 25.1 Å². The molecule has 2 heterocycles. The van der Waals surface area contributed by atoms with Gasteiger partial charge in [0.05, 0.1) is 24.7 Å². The molecule has 1 amide bonds. The molecule has 0 bridgehead atoms. The molecule has 0 fully saturated rings. The Morgan fingerprint density at radius 1 is 1.29 bits per heavy atom. The van der Waals surface area contributed by atoms with E-state index in [4.69, 9.17) is 11.6 Å². The molecule has 0 saturated heterocycles. The van der Waals surface area contributed by atoms with Gasteiger partial charge in [0, 0.05) is 35.1 Å². The number of halogens is 2. The van der Waals surface area contributed by atoms with E-state index in [1.54, 1.807) is 30.8 Å². The Hall–Kier alpha value is -3.45. The van der Waals surface area contributed by atoms with Gasteiger partial charge in [-0.3, -0.25) is 14.7 Å². The minimum atomic E-state index is -3.75. The van der Waals surface area contributed by atoms with E-state index >= 15 is 4.39 Å². The standard InChI is InChI=1S/C21H25ClFN7O4S/c1-6-30-11-14(15-7-8-24-19(25-15)26-21(2,3)27-20(31)34-4)18(28-30)13-9-12(22)10-16(17(13)23)29-35(5,32)33/h7-11,29H,6H2,1-5H3,(H,27,31)(H,24,25,26). The molecule has 3 aromatic rings. The van der Waals surface area contributed by atoms with Gasteiger partial charge in [-0.15, -0.1) is 0 Å². The number of aryl methyl sites for hydroxylation is 1. The Balaban J connectivity index is 2.08. The van der Waals surface area contributed by atoms with Crippen LogP contribution in [0.3, 0.4) is 0 Å². The third-order valence-corrected chi connectivity index (χ3v) is 5.44. The van der Waals surface area contributed by atoms with Gasteiger partial charge in [-0.2, -0.15) is 5.10 Å². The molecule has 0 spiro atoms. The summed E-state index contributed by atoms with van der Waals surface area (Å²) in [4.78, 5) is 20.3. The van der Waals surface area contributed by atoms with E-state index < -0.39 is 27.6 Å². The lowest BCUT2D eigenvalue weighted by atomic mass is 10.0. The summed E-state index contributed by atoms with van der Waals surface area (Å²) in [5, 5.41) is 10.2. The molecular formula is C21H25ClFN7O4S. The Labute approximate surface area is 207 Å². The van der Waals surface area contributed by atoms with E-state index in [1.165, 1.54) is 25.4 Å². The number of carbonyl (C=O) groups is 1.